The van der Waals surface area contributed by atoms with Crippen LogP contribution in [0.3, 0.4) is 0 Å². The van der Waals surface area contributed by atoms with Crippen LogP contribution in [0.1, 0.15) is 12.0 Å². The van der Waals surface area contributed by atoms with Gasteiger partial charge in [-0.1, -0.05) is 23.7 Å². The van der Waals surface area contributed by atoms with Crippen molar-refractivity contribution in [1.82, 2.24) is 0 Å². The smallest absolute Gasteiger partial charge is 0.131 e. The summed E-state index contributed by atoms with van der Waals surface area (Å²) < 4.78 is 10.0. The van der Waals surface area contributed by atoms with Gasteiger partial charge < -0.3 is 9.47 Å². The molecule has 0 aromatic heterocycles. The fourth-order valence-corrected chi connectivity index (χ4v) is 1.30. The Morgan fingerprint density at radius 1 is 1.21 bits per heavy atom. The third-order valence-corrected chi connectivity index (χ3v) is 2.47. The average molecular weight is 215 g/mol. The highest BCUT2D eigenvalue weighted by Gasteiger charge is 2.02. The van der Waals surface area contributed by atoms with Gasteiger partial charge in [0, 0.05) is 7.11 Å². The van der Waals surface area contributed by atoms with Crippen LogP contribution in [-0.2, 0) is 11.2 Å². The molecule has 1 aromatic rings. The molecule has 0 saturated heterocycles. The van der Waals surface area contributed by atoms with E-state index in [0.29, 0.717) is 0 Å². The summed E-state index contributed by atoms with van der Waals surface area (Å²) in [6, 6.07) is 7.98. The Morgan fingerprint density at radius 2 is 1.86 bits per heavy atom. The lowest BCUT2D eigenvalue weighted by Crippen LogP contribution is -2.02. The molecule has 1 atom stereocenters. The van der Waals surface area contributed by atoms with Gasteiger partial charge in [-0.05, 0) is 30.5 Å². The zero-order valence-corrected chi connectivity index (χ0v) is 9.25. The number of benzene rings is 1. The molecule has 0 radical (unpaired) electrons. The highest BCUT2D eigenvalue weighted by atomic mass is 35.5. The molecule has 78 valence electrons. The molecular weight excluding hydrogens is 200 g/mol. The average Bonchev–Trinajstić information content (AvgIpc) is 2.26. The summed E-state index contributed by atoms with van der Waals surface area (Å²) in [7, 11) is 3.28. The Bertz CT molecular complexity index is 258. The molecule has 0 spiro atoms. The van der Waals surface area contributed by atoms with Gasteiger partial charge in [-0.15, -0.1) is 0 Å². The van der Waals surface area contributed by atoms with Gasteiger partial charge in [0.25, 0.3) is 0 Å². The summed E-state index contributed by atoms with van der Waals surface area (Å²) in [4.78, 5) is 0. The van der Waals surface area contributed by atoms with Gasteiger partial charge in [0.15, 0.2) is 0 Å². The Balaban J connectivity index is 2.43. The summed E-state index contributed by atoms with van der Waals surface area (Å²) >= 11 is 5.83. The number of hydrogen-bond donors (Lipinski definition) is 0. The van der Waals surface area contributed by atoms with E-state index in [2.05, 4.69) is 0 Å². The van der Waals surface area contributed by atoms with Gasteiger partial charge in [0.1, 0.15) is 11.3 Å². The molecule has 1 unspecified atom stereocenters. The second-order valence-electron chi connectivity index (χ2n) is 3.03. The van der Waals surface area contributed by atoms with Crippen LogP contribution in [-0.4, -0.2) is 19.8 Å². The third-order valence-electron chi connectivity index (χ3n) is 2.07. The van der Waals surface area contributed by atoms with Gasteiger partial charge in [0.05, 0.1) is 7.11 Å². The van der Waals surface area contributed by atoms with E-state index in [1.54, 1.807) is 14.2 Å². The van der Waals surface area contributed by atoms with Crippen molar-refractivity contribution < 1.29 is 9.47 Å². The van der Waals surface area contributed by atoms with Crippen molar-refractivity contribution in [3.63, 3.8) is 0 Å². The van der Waals surface area contributed by atoms with Crippen LogP contribution in [0.25, 0.3) is 0 Å². The van der Waals surface area contributed by atoms with Crippen LogP contribution in [0, 0.1) is 0 Å². The summed E-state index contributed by atoms with van der Waals surface area (Å²) in [6.45, 7) is 0. The van der Waals surface area contributed by atoms with E-state index in [1.165, 1.54) is 5.56 Å². The molecule has 1 rings (SSSR count). The molecule has 0 bridgehead atoms. The minimum atomic E-state index is -0.197. The van der Waals surface area contributed by atoms with Crippen molar-refractivity contribution >= 4 is 11.6 Å². The molecule has 0 fully saturated rings. The van der Waals surface area contributed by atoms with E-state index in [9.17, 15) is 0 Å². The Labute approximate surface area is 89.8 Å². The van der Waals surface area contributed by atoms with E-state index in [-0.39, 0.29) is 5.56 Å². The number of alkyl halides is 1. The minimum absolute atomic E-state index is 0.197. The molecule has 0 aliphatic rings. The maximum Gasteiger partial charge on any atom is 0.131 e. The first kappa shape index (κ1) is 11.3. The van der Waals surface area contributed by atoms with E-state index in [4.69, 9.17) is 21.1 Å². The monoisotopic (exact) mass is 214 g/mol. The van der Waals surface area contributed by atoms with Crippen LogP contribution in [0.5, 0.6) is 5.75 Å². The lowest BCUT2D eigenvalue weighted by atomic mass is 10.1. The lowest BCUT2D eigenvalue weighted by molar-refractivity contribution is 0.160. The Hall–Kier alpha value is -0.730. The fraction of sp³-hybridized carbons (Fsp3) is 0.455. The van der Waals surface area contributed by atoms with Crippen LogP contribution in [0.2, 0.25) is 0 Å². The van der Waals surface area contributed by atoms with Crippen LogP contribution in [0.15, 0.2) is 24.3 Å². The van der Waals surface area contributed by atoms with Crippen molar-refractivity contribution in [3.8, 4) is 5.75 Å². The Kier molecular flexibility index (Phi) is 4.77. The van der Waals surface area contributed by atoms with E-state index < -0.39 is 0 Å². The van der Waals surface area contributed by atoms with Gasteiger partial charge >= 0.3 is 0 Å². The van der Waals surface area contributed by atoms with Crippen LogP contribution >= 0.6 is 11.6 Å². The zero-order chi connectivity index (χ0) is 10.4. The largest absolute Gasteiger partial charge is 0.497 e. The number of halogens is 1. The number of methoxy groups -OCH3 is 2. The summed E-state index contributed by atoms with van der Waals surface area (Å²) in [5.74, 6) is 0.878. The van der Waals surface area contributed by atoms with Gasteiger partial charge in [-0.2, -0.15) is 0 Å². The van der Waals surface area contributed by atoms with E-state index >= 15 is 0 Å². The summed E-state index contributed by atoms with van der Waals surface area (Å²) in [6.07, 6.45) is 1.75. The van der Waals surface area contributed by atoms with Crippen molar-refractivity contribution in [2.45, 2.75) is 18.4 Å². The first-order valence-electron chi connectivity index (χ1n) is 4.56. The third kappa shape index (κ3) is 3.56. The maximum absolute atomic E-state index is 5.83. The molecule has 0 heterocycles. The molecule has 0 amide bonds. The second kappa shape index (κ2) is 5.89. The molecule has 2 nitrogen and oxygen atoms in total. The highest BCUT2D eigenvalue weighted by molar-refractivity contribution is 6.19. The predicted molar refractivity (Wildman–Crippen MR) is 58.0 cm³/mol. The zero-order valence-electron chi connectivity index (χ0n) is 8.50. The second-order valence-corrected chi connectivity index (χ2v) is 3.52. The standard InChI is InChI=1S/C11H15ClO2/c1-13-10-6-3-9(4-7-10)5-8-11(12)14-2/h3-4,6-7,11H,5,8H2,1-2H3. The quantitative estimate of drug-likeness (QED) is 0.702. The SMILES string of the molecule is COc1ccc(CCC(Cl)OC)cc1. The van der Waals surface area contributed by atoms with E-state index in [1.807, 2.05) is 24.3 Å². The minimum Gasteiger partial charge on any atom is -0.497 e. The molecule has 3 heteroatoms. The number of aryl methyl sites for hydroxylation is 1. The predicted octanol–water partition coefficient (Wildman–Crippen LogP) is 2.84. The molecular formula is C11H15ClO2. The first-order chi connectivity index (χ1) is 6.76. The molecule has 0 N–H and O–H groups in total. The molecule has 1 aromatic carbocycles. The number of hydrogen-bond acceptors (Lipinski definition) is 2. The van der Waals surface area contributed by atoms with Gasteiger partial charge in [-0.3, -0.25) is 0 Å². The number of ether oxygens (including phenoxy) is 2. The van der Waals surface area contributed by atoms with Crippen molar-refractivity contribution in [3.05, 3.63) is 29.8 Å². The van der Waals surface area contributed by atoms with E-state index in [0.717, 1.165) is 18.6 Å². The van der Waals surface area contributed by atoms with Crippen LogP contribution < -0.4 is 4.74 Å². The van der Waals surface area contributed by atoms with Crippen molar-refractivity contribution in [2.24, 2.45) is 0 Å². The summed E-state index contributed by atoms with van der Waals surface area (Å²) in [5, 5.41) is 0. The normalized spacial score (nSPS) is 12.5. The van der Waals surface area contributed by atoms with Crippen molar-refractivity contribution in [2.75, 3.05) is 14.2 Å². The lowest BCUT2D eigenvalue weighted by Gasteiger charge is -2.07. The topological polar surface area (TPSA) is 18.5 Å². The fourth-order valence-electron chi connectivity index (χ4n) is 1.19. The molecule has 0 aliphatic heterocycles. The van der Waals surface area contributed by atoms with Gasteiger partial charge in [0.2, 0.25) is 0 Å². The highest BCUT2D eigenvalue weighted by Crippen LogP contribution is 2.14. The van der Waals surface area contributed by atoms with Crippen LogP contribution in [0.4, 0.5) is 0 Å². The Morgan fingerprint density at radius 3 is 2.36 bits per heavy atom. The number of rotatable bonds is 5. The van der Waals surface area contributed by atoms with Crippen molar-refractivity contribution in [1.29, 1.82) is 0 Å². The first-order valence-corrected chi connectivity index (χ1v) is 4.99. The molecule has 14 heavy (non-hydrogen) atoms. The van der Waals surface area contributed by atoms with Gasteiger partial charge in [-0.25, -0.2) is 0 Å². The molecule has 0 saturated carbocycles. The summed E-state index contributed by atoms with van der Waals surface area (Å²) in [5.41, 5.74) is 1.05. The maximum atomic E-state index is 5.83. The molecule has 0 aliphatic carbocycles.